The number of methoxy groups -OCH3 is 1. The molecule has 0 radical (unpaired) electrons. The third-order valence-corrected chi connectivity index (χ3v) is 5.51. The fraction of sp³-hybridized carbons (Fsp3) is 0.667. The van der Waals surface area contributed by atoms with Gasteiger partial charge in [-0.15, -0.1) is 0 Å². The maximum Gasteiger partial charge on any atom is 0.410 e. The Morgan fingerprint density at radius 3 is 2.50 bits per heavy atom. The molecule has 2 atom stereocenters. The fourth-order valence-electron chi connectivity index (χ4n) is 4.01. The molecule has 2 aromatic heterocycles. The molecule has 0 N–H and O–H groups in total. The number of hydrogen-bond donors (Lipinski definition) is 0. The SMILES string of the molecule is COC[C@H]1CN(C(=O)OC(C)(C)C)[C@H](C)CN1c1nc(=O)n(C)c2c1nc(CC#N)n2C. The Kier molecular flexibility index (Phi) is 6.46. The lowest BCUT2D eigenvalue weighted by Gasteiger charge is -2.45. The van der Waals surface area contributed by atoms with Crippen LogP contribution in [0.2, 0.25) is 0 Å². The van der Waals surface area contributed by atoms with Gasteiger partial charge in [-0.2, -0.15) is 10.2 Å². The first-order valence-electron chi connectivity index (χ1n) is 10.5. The van der Waals surface area contributed by atoms with Gasteiger partial charge in [-0.05, 0) is 27.7 Å². The lowest BCUT2D eigenvalue weighted by molar-refractivity contribution is 0.00896. The summed E-state index contributed by atoms with van der Waals surface area (Å²) in [7, 11) is 5.00. The molecule has 174 valence electrons. The Morgan fingerprint density at radius 2 is 1.91 bits per heavy atom. The second kappa shape index (κ2) is 8.78. The van der Waals surface area contributed by atoms with Crippen LogP contribution < -0.4 is 10.6 Å². The first-order chi connectivity index (χ1) is 15.0. The van der Waals surface area contributed by atoms with Crippen LogP contribution in [0.5, 0.6) is 0 Å². The first kappa shape index (κ1) is 23.5. The molecule has 3 heterocycles. The fourth-order valence-corrected chi connectivity index (χ4v) is 4.01. The molecule has 1 amide bonds. The van der Waals surface area contributed by atoms with Crippen molar-refractivity contribution in [1.82, 2.24) is 24.0 Å². The summed E-state index contributed by atoms with van der Waals surface area (Å²) in [4.78, 5) is 38.1. The third kappa shape index (κ3) is 4.41. The van der Waals surface area contributed by atoms with Gasteiger partial charge < -0.3 is 23.8 Å². The molecule has 0 unspecified atom stereocenters. The molecule has 32 heavy (non-hydrogen) atoms. The number of fused-ring (bicyclic) bond motifs is 1. The minimum atomic E-state index is -0.602. The Bertz CT molecular complexity index is 1110. The predicted octanol–water partition coefficient (Wildman–Crippen LogP) is 1.19. The van der Waals surface area contributed by atoms with Crippen molar-refractivity contribution in [3.05, 3.63) is 16.3 Å². The van der Waals surface area contributed by atoms with Crippen molar-refractivity contribution in [3.63, 3.8) is 0 Å². The molecule has 2 aromatic rings. The van der Waals surface area contributed by atoms with E-state index in [9.17, 15) is 9.59 Å². The highest BCUT2D eigenvalue weighted by Crippen LogP contribution is 2.29. The van der Waals surface area contributed by atoms with Gasteiger partial charge >= 0.3 is 11.8 Å². The van der Waals surface area contributed by atoms with E-state index in [1.54, 1.807) is 30.7 Å². The monoisotopic (exact) mass is 445 g/mol. The molecule has 0 aromatic carbocycles. The van der Waals surface area contributed by atoms with Crippen LogP contribution in [0.15, 0.2) is 4.79 Å². The Labute approximate surface area is 187 Å². The zero-order valence-electron chi connectivity index (χ0n) is 19.7. The predicted molar refractivity (Wildman–Crippen MR) is 118 cm³/mol. The van der Waals surface area contributed by atoms with E-state index in [1.165, 1.54) is 4.57 Å². The number of carbonyl (C=O) groups is 1. The molecule has 1 saturated heterocycles. The zero-order valence-corrected chi connectivity index (χ0v) is 19.7. The van der Waals surface area contributed by atoms with E-state index in [0.717, 1.165) is 0 Å². The third-order valence-electron chi connectivity index (χ3n) is 5.51. The van der Waals surface area contributed by atoms with E-state index in [4.69, 9.17) is 14.7 Å². The second-order valence-corrected chi connectivity index (χ2v) is 9.11. The Hall–Kier alpha value is -3.13. The highest BCUT2D eigenvalue weighted by atomic mass is 16.6. The van der Waals surface area contributed by atoms with E-state index < -0.39 is 11.3 Å². The molecule has 3 rings (SSSR count). The largest absolute Gasteiger partial charge is 0.444 e. The van der Waals surface area contributed by atoms with Gasteiger partial charge in [0, 0.05) is 40.3 Å². The number of aromatic nitrogens is 4. The minimum Gasteiger partial charge on any atom is -0.444 e. The van der Waals surface area contributed by atoms with Crippen LogP contribution in [-0.4, -0.2) is 74.6 Å². The molecule has 1 aliphatic rings. The summed E-state index contributed by atoms with van der Waals surface area (Å²) in [5.74, 6) is 0.983. The number of rotatable bonds is 4. The molecule has 11 heteroatoms. The number of imidazole rings is 1. The number of hydrogen-bond acceptors (Lipinski definition) is 8. The average Bonchev–Trinajstić information content (AvgIpc) is 3.01. The van der Waals surface area contributed by atoms with Crippen molar-refractivity contribution in [2.45, 2.75) is 51.8 Å². The normalized spacial score (nSPS) is 19.3. The second-order valence-electron chi connectivity index (χ2n) is 9.11. The Morgan fingerprint density at radius 1 is 1.22 bits per heavy atom. The molecular weight excluding hydrogens is 414 g/mol. The number of anilines is 1. The zero-order chi connectivity index (χ0) is 23.8. The summed E-state index contributed by atoms with van der Waals surface area (Å²) in [5, 5.41) is 9.16. The van der Waals surface area contributed by atoms with Crippen LogP contribution in [-0.2, 0) is 30.0 Å². The molecule has 1 fully saturated rings. The van der Waals surface area contributed by atoms with E-state index in [2.05, 4.69) is 16.0 Å². The Balaban J connectivity index is 2.06. The maximum atomic E-state index is 12.8. The topological polar surface area (TPSA) is 119 Å². The van der Waals surface area contributed by atoms with Gasteiger partial charge in [0.1, 0.15) is 22.6 Å². The summed E-state index contributed by atoms with van der Waals surface area (Å²) in [6, 6.07) is 1.66. The van der Waals surface area contributed by atoms with Crippen LogP contribution >= 0.6 is 0 Å². The molecule has 11 nitrogen and oxygen atoms in total. The molecule has 0 aliphatic carbocycles. The quantitative estimate of drug-likeness (QED) is 0.689. The number of amides is 1. The number of carbonyl (C=O) groups excluding carboxylic acids is 1. The highest BCUT2D eigenvalue weighted by molar-refractivity contribution is 5.85. The minimum absolute atomic E-state index is 0.114. The van der Waals surface area contributed by atoms with Gasteiger partial charge in [0.15, 0.2) is 5.82 Å². The lowest BCUT2D eigenvalue weighted by Crippen LogP contribution is -2.61. The molecule has 0 saturated carbocycles. The first-order valence-corrected chi connectivity index (χ1v) is 10.5. The molecular formula is C21H31N7O4. The number of ether oxygens (including phenoxy) is 2. The summed E-state index contributed by atoms with van der Waals surface area (Å²) in [6.07, 6.45) is -0.273. The van der Waals surface area contributed by atoms with Gasteiger partial charge in [0.2, 0.25) is 0 Å². The van der Waals surface area contributed by atoms with E-state index in [-0.39, 0.29) is 24.6 Å². The van der Waals surface area contributed by atoms with Gasteiger partial charge in [-0.1, -0.05) is 0 Å². The van der Waals surface area contributed by atoms with Gasteiger partial charge in [0.25, 0.3) is 0 Å². The van der Waals surface area contributed by atoms with Crippen LogP contribution in [0.3, 0.4) is 0 Å². The van der Waals surface area contributed by atoms with Crippen molar-refractivity contribution in [3.8, 4) is 6.07 Å². The molecule has 0 spiro atoms. The van der Waals surface area contributed by atoms with Crippen LogP contribution in [0.1, 0.15) is 33.5 Å². The molecule has 0 bridgehead atoms. The van der Waals surface area contributed by atoms with Crippen LogP contribution in [0, 0.1) is 11.3 Å². The average molecular weight is 446 g/mol. The van der Waals surface area contributed by atoms with Gasteiger partial charge in [-0.3, -0.25) is 4.57 Å². The number of nitrogens with zero attached hydrogens (tertiary/aromatic N) is 7. The van der Waals surface area contributed by atoms with Gasteiger partial charge in [0.05, 0.1) is 25.1 Å². The summed E-state index contributed by atoms with van der Waals surface area (Å²) in [6.45, 7) is 8.52. The molecule has 1 aliphatic heterocycles. The van der Waals surface area contributed by atoms with E-state index >= 15 is 0 Å². The number of piperazine rings is 1. The number of aryl methyl sites for hydroxylation is 2. The number of nitriles is 1. The van der Waals surface area contributed by atoms with Crippen LogP contribution in [0.4, 0.5) is 10.6 Å². The van der Waals surface area contributed by atoms with Gasteiger partial charge in [-0.25, -0.2) is 14.6 Å². The smallest absolute Gasteiger partial charge is 0.410 e. The van der Waals surface area contributed by atoms with E-state index in [0.29, 0.717) is 42.5 Å². The standard InChI is InChI=1S/C21H31N7O4/c1-13-10-28(14(12-31-7)11-27(13)20(30)32-21(2,3)4)17-16-18(26(6)19(29)24-17)25(5)15(23-16)8-9-22/h13-14H,8,10-12H2,1-7H3/t13-,14-/m1/s1. The van der Waals surface area contributed by atoms with Crippen molar-refractivity contribution >= 4 is 23.1 Å². The van der Waals surface area contributed by atoms with Crippen molar-refractivity contribution < 1.29 is 14.3 Å². The maximum absolute atomic E-state index is 12.8. The summed E-state index contributed by atoms with van der Waals surface area (Å²) in [5.41, 5.74) is 0.106. The lowest BCUT2D eigenvalue weighted by atomic mass is 10.1. The summed E-state index contributed by atoms with van der Waals surface area (Å²) >= 11 is 0. The van der Waals surface area contributed by atoms with Crippen molar-refractivity contribution in [1.29, 1.82) is 5.26 Å². The van der Waals surface area contributed by atoms with Crippen LogP contribution in [0.25, 0.3) is 11.2 Å². The van der Waals surface area contributed by atoms with Crippen molar-refractivity contribution in [2.75, 3.05) is 31.7 Å². The summed E-state index contributed by atoms with van der Waals surface area (Å²) < 4.78 is 14.2. The highest BCUT2D eigenvalue weighted by Gasteiger charge is 2.38. The van der Waals surface area contributed by atoms with E-state index in [1.807, 2.05) is 32.6 Å². The van der Waals surface area contributed by atoms with Crippen molar-refractivity contribution in [2.24, 2.45) is 14.1 Å².